The van der Waals surface area contributed by atoms with Gasteiger partial charge in [-0.3, -0.25) is 9.36 Å². The molecule has 0 bridgehead atoms. The zero-order valence-corrected chi connectivity index (χ0v) is 16.6. The Balaban J connectivity index is 1.75. The second-order valence-electron chi connectivity index (χ2n) is 8.29. The fourth-order valence-corrected chi connectivity index (χ4v) is 5.19. The maximum atomic E-state index is 12.3. The number of ether oxygens (including phenoxy) is 1. The molecule has 4 nitrogen and oxygen atoms in total. The molecule has 3 unspecified atom stereocenters. The minimum absolute atomic E-state index is 0.187. The normalized spacial score (nSPS) is 25.9. The lowest BCUT2D eigenvalue weighted by molar-refractivity contribution is -0.148. The van der Waals surface area contributed by atoms with Crippen LogP contribution in [-0.4, -0.2) is 25.3 Å². The van der Waals surface area contributed by atoms with Crippen molar-refractivity contribution in [3.63, 3.8) is 0 Å². The Labute approximate surface area is 147 Å². The smallest absolute Gasteiger partial charge is 0.309 e. The van der Waals surface area contributed by atoms with Crippen molar-refractivity contribution in [2.75, 3.05) is 19.4 Å². The van der Waals surface area contributed by atoms with Gasteiger partial charge in [0.2, 0.25) is 0 Å². The van der Waals surface area contributed by atoms with E-state index in [4.69, 9.17) is 9.26 Å². The largest absolute Gasteiger partial charge is 0.466 e. The molecule has 0 saturated heterocycles. The molecule has 2 fully saturated rings. The van der Waals surface area contributed by atoms with Crippen molar-refractivity contribution in [2.24, 2.45) is 23.2 Å². The van der Waals surface area contributed by atoms with Crippen LogP contribution in [-0.2, 0) is 18.6 Å². The first-order chi connectivity index (χ1) is 11.4. The lowest BCUT2D eigenvalue weighted by atomic mass is 9.83. The van der Waals surface area contributed by atoms with Crippen LogP contribution >= 0.6 is 8.03 Å². The van der Waals surface area contributed by atoms with Gasteiger partial charge in [0.1, 0.15) is 0 Å². The topological polar surface area (TPSA) is 52.6 Å². The Hall–Kier alpha value is -0.340. The van der Waals surface area contributed by atoms with E-state index in [0.29, 0.717) is 36.6 Å². The molecule has 2 aliphatic rings. The van der Waals surface area contributed by atoms with E-state index in [2.05, 4.69) is 13.8 Å². The van der Waals surface area contributed by atoms with E-state index in [1.165, 1.54) is 38.5 Å². The van der Waals surface area contributed by atoms with Gasteiger partial charge in [-0.1, -0.05) is 46.0 Å². The Morgan fingerprint density at radius 1 is 1.25 bits per heavy atom. The number of carbonyl (C=O) groups is 1. The predicted octanol–water partition coefficient (Wildman–Crippen LogP) is 5.06. The van der Waals surface area contributed by atoms with Crippen LogP contribution in [0.25, 0.3) is 0 Å². The first kappa shape index (κ1) is 20.0. The van der Waals surface area contributed by atoms with Crippen molar-refractivity contribution >= 4 is 14.0 Å². The Kier molecular flexibility index (Phi) is 7.81. The van der Waals surface area contributed by atoms with Crippen molar-refractivity contribution in [3.8, 4) is 0 Å². The minimum atomic E-state index is -2.16. The van der Waals surface area contributed by atoms with Crippen LogP contribution in [0.5, 0.6) is 0 Å². The third-order valence-corrected chi connectivity index (χ3v) is 7.17. The van der Waals surface area contributed by atoms with Gasteiger partial charge in [0.15, 0.2) is 8.03 Å². The summed E-state index contributed by atoms with van der Waals surface area (Å²) < 4.78 is 23.1. The van der Waals surface area contributed by atoms with Gasteiger partial charge in [-0.15, -0.1) is 0 Å². The number of rotatable bonds is 10. The zero-order chi connectivity index (χ0) is 17.6. The number of hydrogen-bond acceptors (Lipinski definition) is 4. The molecule has 0 heterocycles. The van der Waals surface area contributed by atoms with Crippen molar-refractivity contribution in [1.82, 2.24) is 0 Å². The van der Waals surface area contributed by atoms with Gasteiger partial charge in [-0.25, -0.2) is 0 Å². The van der Waals surface area contributed by atoms with Crippen molar-refractivity contribution in [3.05, 3.63) is 0 Å². The maximum Gasteiger partial charge on any atom is 0.309 e. The predicted molar refractivity (Wildman–Crippen MR) is 97.6 cm³/mol. The van der Waals surface area contributed by atoms with Gasteiger partial charge in [-0.2, -0.15) is 0 Å². The highest BCUT2D eigenvalue weighted by Crippen LogP contribution is 2.53. The van der Waals surface area contributed by atoms with Crippen LogP contribution in [0, 0.1) is 23.2 Å². The molecule has 0 aromatic heterocycles. The van der Waals surface area contributed by atoms with E-state index in [0.717, 1.165) is 12.8 Å². The quantitative estimate of drug-likeness (QED) is 0.404. The Morgan fingerprint density at radius 2 is 1.92 bits per heavy atom. The van der Waals surface area contributed by atoms with E-state index in [1.54, 1.807) is 0 Å². The van der Waals surface area contributed by atoms with Crippen LogP contribution in [0.15, 0.2) is 0 Å². The summed E-state index contributed by atoms with van der Waals surface area (Å²) in [5.41, 5.74) is 0.438. The summed E-state index contributed by atoms with van der Waals surface area (Å²) in [7, 11) is -2.16. The molecule has 0 aromatic rings. The lowest BCUT2D eigenvalue weighted by Crippen LogP contribution is -2.24. The molecule has 2 aliphatic carbocycles. The van der Waals surface area contributed by atoms with E-state index in [9.17, 15) is 9.36 Å². The molecular formula is C19H35O4P. The van der Waals surface area contributed by atoms with Crippen molar-refractivity contribution < 1.29 is 18.6 Å². The van der Waals surface area contributed by atoms with E-state index >= 15 is 0 Å². The molecule has 5 heteroatoms. The summed E-state index contributed by atoms with van der Waals surface area (Å²) in [6.07, 6.45) is 9.58. The van der Waals surface area contributed by atoms with Gasteiger partial charge >= 0.3 is 5.97 Å². The molecule has 0 aliphatic heterocycles. The molecule has 2 saturated carbocycles. The second kappa shape index (κ2) is 9.38. The molecule has 0 radical (unpaired) electrons. The van der Waals surface area contributed by atoms with Gasteiger partial charge in [0, 0.05) is 6.16 Å². The molecule has 3 atom stereocenters. The second-order valence-corrected chi connectivity index (χ2v) is 9.73. The highest BCUT2D eigenvalue weighted by molar-refractivity contribution is 7.39. The third kappa shape index (κ3) is 6.52. The number of hydrogen-bond donors (Lipinski definition) is 0. The van der Waals surface area contributed by atoms with Crippen LogP contribution in [0.1, 0.15) is 72.1 Å². The summed E-state index contributed by atoms with van der Waals surface area (Å²) in [5.74, 6) is 0.843. The fourth-order valence-electron chi connectivity index (χ4n) is 3.99. The standard InChI is InChI=1S/C19H35O4P/c1-4-22-18(20)16(12-15-8-6-5-7-9-15)14-24(21)23-11-10-17-13-19(17,2)3/h15-17,24H,4-14H2,1-3H3. The van der Waals surface area contributed by atoms with Crippen LogP contribution in [0.3, 0.4) is 0 Å². The van der Waals surface area contributed by atoms with E-state index in [-0.39, 0.29) is 11.9 Å². The molecule has 0 aromatic carbocycles. The highest BCUT2D eigenvalue weighted by Gasteiger charge is 2.44. The maximum absolute atomic E-state index is 12.3. The lowest BCUT2D eigenvalue weighted by Gasteiger charge is -2.25. The Bertz CT molecular complexity index is 429. The third-order valence-electron chi connectivity index (χ3n) is 5.82. The summed E-state index contributed by atoms with van der Waals surface area (Å²) >= 11 is 0. The van der Waals surface area contributed by atoms with Crippen molar-refractivity contribution in [1.29, 1.82) is 0 Å². The zero-order valence-electron chi connectivity index (χ0n) is 15.6. The number of carbonyl (C=O) groups excluding carboxylic acids is 1. The molecule has 0 spiro atoms. The average Bonchev–Trinajstić information content (AvgIpc) is 3.15. The molecule has 0 amide bonds. The van der Waals surface area contributed by atoms with Crippen molar-refractivity contribution in [2.45, 2.75) is 72.1 Å². The molecule has 2 rings (SSSR count). The molecule has 0 N–H and O–H groups in total. The Morgan fingerprint density at radius 3 is 2.50 bits per heavy atom. The van der Waals surface area contributed by atoms with E-state index < -0.39 is 8.03 Å². The van der Waals surface area contributed by atoms with Crippen LogP contribution in [0.2, 0.25) is 0 Å². The van der Waals surface area contributed by atoms with Crippen LogP contribution in [0.4, 0.5) is 0 Å². The molecule has 24 heavy (non-hydrogen) atoms. The van der Waals surface area contributed by atoms with Gasteiger partial charge in [-0.05, 0) is 43.4 Å². The first-order valence-electron chi connectivity index (χ1n) is 9.74. The average molecular weight is 358 g/mol. The van der Waals surface area contributed by atoms with Gasteiger partial charge in [0.25, 0.3) is 0 Å². The molecular weight excluding hydrogens is 323 g/mol. The number of esters is 1. The summed E-state index contributed by atoms with van der Waals surface area (Å²) in [6, 6.07) is 0. The monoisotopic (exact) mass is 358 g/mol. The summed E-state index contributed by atoms with van der Waals surface area (Å²) in [4.78, 5) is 12.2. The highest BCUT2D eigenvalue weighted by atomic mass is 31.1. The summed E-state index contributed by atoms with van der Waals surface area (Å²) in [6.45, 7) is 7.30. The van der Waals surface area contributed by atoms with Gasteiger partial charge in [0.05, 0.1) is 19.1 Å². The summed E-state index contributed by atoms with van der Waals surface area (Å²) in [5, 5.41) is 0. The first-order valence-corrected chi connectivity index (χ1v) is 11.3. The van der Waals surface area contributed by atoms with Gasteiger partial charge < -0.3 is 9.26 Å². The van der Waals surface area contributed by atoms with Crippen LogP contribution < -0.4 is 0 Å². The minimum Gasteiger partial charge on any atom is -0.466 e. The SMILES string of the molecule is CCOC(=O)C(CC1CCCCC1)C[PH](=O)OCCC1CC1(C)C. The molecule has 140 valence electrons. The van der Waals surface area contributed by atoms with E-state index in [1.807, 2.05) is 6.92 Å². The fraction of sp³-hybridized carbons (Fsp3) is 0.947.